The Balaban J connectivity index is 2.31. The normalized spacial score (nSPS) is 19.1. The van der Waals surface area contributed by atoms with Gasteiger partial charge in [0.1, 0.15) is 11.9 Å². The molecule has 0 aromatic heterocycles. The smallest absolute Gasteiger partial charge is 0.337 e. The van der Waals surface area contributed by atoms with Crippen LogP contribution >= 0.6 is 0 Å². The van der Waals surface area contributed by atoms with Crippen molar-refractivity contribution in [1.29, 1.82) is 0 Å². The van der Waals surface area contributed by atoms with Crippen LogP contribution in [0.4, 0.5) is 0 Å². The number of methoxy groups -OCH3 is 2. The van der Waals surface area contributed by atoms with E-state index in [2.05, 4.69) is 0 Å². The molecule has 1 aromatic carbocycles. The zero-order valence-electron chi connectivity index (χ0n) is 11.1. The topological polar surface area (TPSA) is 65.0 Å². The van der Waals surface area contributed by atoms with Gasteiger partial charge < -0.3 is 19.3 Å². The summed E-state index contributed by atoms with van der Waals surface area (Å²) < 4.78 is 15.6. The van der Waals surface area contributed by atoms with Crippen LogP contribution in [-0.2, 0) is 9.53 Å². The second-order valence-electron chi connectivity index (χ2n) is 4.28. The molecular formula is C14H16O5. The maximum Gasteiger partial charge on any atom is 0.337 e. The van der Waals surface area contributed by atoms with Crippen molar-refractivity contribution in [2.24, 2.45) is 0 Å². The minimum Gasteiger partial charge on any atom is -0.512 e. The molecule has 1 heterocycles. The Labute approximate surface area is 111 Å². The molecule has 0 saturated carbocycles. The second kappa shape index (κ2) is 5.22. The standard InChI is InChI=1S/C14H16O5/c1-8-10(15)7-12(19-14(8)16)9-4-5-11(17-2)13(6-9)18-3/h4-6,12,15H,7H2,1-3H3. The summed E-state index contributed by atoms with van der Waals surface area (Å²) in [6.07, 6.45) is -0.233. The fraction of sp³-hybridized carbons (Fsp3) is 0.357. The van der Waals surface area contributed by atoms with Crippen LogP contribution in [0.15, 0.2) is 29.5 Å². The lowest BCUT2D eigenvalue weighted by Crippen LogP contribution is -2.20. The molecule has 0 fully saturated rings. The molecule has 2 rings (SSSR count). The van der Waals surface area contributed by atoms with Crippen LogP contribution in [0.1, 0.15) is 25.0 Å². The SMILES string of the molecule is COc1ccc(C2CC(O)=C(C)C(=O)O2)cc1OC. The monoisotopic (exact) mass is 264 g/mol. The minimum absolute atomic E-state index is 0.0658. The van der Waals surface area contributed by atoms with E-state index in [9.17, 15) is 9.90 Å². The molecule has 1 aromatic rings. The van der Waals surface area contributed by atoms with E-state index in [1.165, 1.54) is 7.11 Å². The Hall–Kier alpha value is -2.17. The third-order valence-corrected chi connectivity index (χ3v) is 3.15. The van der Waals surface area contributed by atoms with Crippen molar-refractivity contribution in [2.45, 2.75) is 19.4 Å². The fourth-order valence-electron chi connectivity index (χ4n) is 1.94. The van der Waals surface area contributed by atoms with Crippen LogP contribution < -0.4 is 9.47 Å². The molecule has 1 unspecified atom stereocenters. The summed E-state index contributed by atoms with van der Waals surface area (Å²) in [6.45, 7) is 1.54. The number of aliphatic hydroxyl groups is 1. The third-order valence-electron chi connectivity index (χ3n) is 3.15. The van der Waals surface area contributed by atoms with Gasteiger partial charge in [0.2, 0.25) is 0 Å². The summed E-state index contributed by atoms with van der Waals surface area (Å²) >= 11 is 0. The highest BCUT2D eigenvalue weighted by atomic mass is 16.5. The molecule has 19 heavy (non-hydrogen) atoms. The Morgan fingerprint density at radius 3 is 2.53 bits per heavy atom. The van der Waals surface area contributed by atoms with Gasteiger partial charge in [-0.2, -0.15) is 0 Å². The van der Waals surface area contributed by atoms with E-state index in [1.807, 2.05) is 0 Å². The van der Waals surface area contributed by atoms with E-state index in [0.717, 1.165) is 5.56 Å². The number of carbonyl (C=O) groups excluding carboxylic acids is 1. The molecule has 0 radical (unpaired) electrons. The quantitative estimate of drug-likeness (QED) is 0.850. The molecule has 1 aliphatic heterocycles. The van der Waals surface area contributed by atoms with Gasteiger partial charge in [-0.25, -0.2) is 4.79 Å². The lowest BCUT2D eigenvalue weighted by molar-refractivity contribution is -0.147. The predicted octanol–water partition coefficient (Wildman–Crippen LogP) is 2.52. The molecule has 5 nitrogen and oxygen atoms in total. The van der Waals surface area contributed by atoms with E-state index < -0.39 is 12.1 Å². The molecular weight excluding hydrogens is 248 g/mol. The molecule has 0 spiro atoms. The van der Waals surface area contributed by atoms with Crippen LogP contribution in [0.3, 0.4) is 0 Å². The van der Waals surface area contributed by atoms with Gasteiger partial charge in [-0.1, -0.05) is 6.07 Å². The minimum atomic E-state index is -0.504. The number of hydrogen-bond acceptors (Lipinski definition) is 5. The van der Waals surface area contributed by atoms with Crippen molar-refractivity contribution in [3.63, 3.8) is 0 Å². The van der Waals surface area contributed by atoms with Gasteiger partial charge in [-0.3, -0.25) is 0 Å². The van der Waals surface area contributed by atoms with Crippen molar-refractivity contribution in [3.8, 4) is 11.5 Å². The number of aliphatic hydroxyl groups excluding tert-OH is 1. The van der Waals surface area contributed by atoms with Crippen LogP contribution in [-0.4, -0.2) is 25.3 Å². The first-order chi connectivity index (χ1) is 9.06. The summed E-state index contributed by atoms with van der Waals surface area (Å²) in [5, 5.41) is 9.73. The average molecular weight is 264 g/mol. The molecule has 0 amide bonds. The Morgan fingerprint density at radius 2 is 1.95 bits per heavy atom. The van der Waals surface area contributed by atoms with Crippen LogP contribution in [0.5, 0.6) is 11.5 Å². The first kappa shape index (κ1) is 13.3. The Kier molecular flexibility index (Phi) is 3.64. The second-order valence-corrected chi connectivity index (χ2v) is 4.28. The van der Waals surface area contributed by atoms with E-state index in [4.69, 9.17) is 14.2 Å². The number of benzene rings is 1. The third kappa shape index (κ3) is 2.50. The molecule has 102 valence electrons. The number of cyclic esters (lactones) is 1. The molecule has 5 heteroatoms. The van der Waals surface area contributed by atoms with E-state index in [1.54, 1.807) is 32.2 Å². The van der Waals surface area contributed by atoms with Crippen molar-refractivity contribution in [2.75, 3.05) is 14.2 Å². The van der Waals surface area contributed by atoms with E-state index >= 15 is 0 Å². The summed E-state index contributed by atoms with van der Waals surface area (Å²) in [5.74, 6) is 0.728. The highest BCUT2D eigenvalue weighted by molar-refractivity contribution is 5.89. The van der Waals surface area contributed by atoms with Crippen molar-refractivity contribution in [1.82, 2.24) is 0 Å². The highest BCUT2D eigenvalue weighted by Crippen LogP contribution is 2.35. The first-order valence-electron chi connectivity index (χ1n) is 5.88. The van der Waals surface area contributed by atoms with Gasteiger partial charge in [-0.15, -0.1) is 0 Å². The summed E-state index contributed by atoms with van der Waals surface area (Å²) in [5.41, 5.74) is 1.02. The molecule has 1 aliphatic rings. The molecule has 1 N–H and O–H groups in total. The van der Waals surface area contributed by atoms with E-state index in [0.29, 0.717) is 11.5 Å². The summed E-state index contributed by atoms with van der Waals surface area (Å²) in [6, 6.07) is 5.27. The predicted molar refractivity (Wildman–Crippen MR) is 68.3 cm³/mol. The van der Waals surface area contributed by atoms with Gasteiger partial charge >= 0.3 is 5.97 Å². The summed E-state index contributed by atoms with van der Waals surface area (Å²) in [4.78, 5) is 11.6. The largest absolute Gasteiger partial charge is 0.512 e. The lowest BCUT2D eigenvalue weighted by Gasteiger charge is -2.24. The number of esters is 1. The molecule has 0 bridgehead atoms. The number of ether oxygens (including phenoxy) is 3. The van der Waals surface area contributed by atoms with Crippen LogP contribution in [0.2, 0.25) is 0 Å². The zero-order valence-corrected chi connectivity index (χ0v) is 11.1. The lowest BCUT2D eigenvalue weighted by atomic mass is 10.0. The van der Waals surface area contributed by atoms with Crippen LogP contribution in [0.25, 0.3) is 0 Å². The first-order valence-corrected chi connectivity index (χ1v) is 5.88. The van der Waals surface area contributed by atoms with Gasteiger partial charge in [-0.05, 0) is 24.6 Å². The fourth-order valence-corrected chi connectivity index (χ4v) is 1.94. The average Bonchev–Trinajstić information content (AvgIpc) is 2.43. The molecule has 1 atom stereocenters. The highest BCUT2D eigenvalue weighted by Gasteiger charge is 2.28. The zero-order chi connectivity index (χ0) is 14.0. The number of rotatable bonds is 3. The Bertz CT molecular complexity index is 533. The van der Waals surface area contributed by atoms with Gasteiger partial charge in [0, 0.05) is 6.42 Å². The molecule has 0 aliphatic carbocycles. The number of carbonyl (C=O) groups is 1. The van der Waals surface area contributed by atoms with Gasteiger partial charge in [0.05, 0.1) is 19.8 Å². The maximum atomic E-state index is 11.6. The Morgan fingerprint density at radius 1 is 1.26 bits per heavy atom. The van der Waals surface area contributed by atoms with Crippen molar-refractivity contribution < 1.29 is 24.1 Å². The summed E-state index contributed by atoms with van der Waals surface area (Å²) in [7, 11) is 3.09. The van der Waals surface area contributed by atoms with Gasteiger partial charge in [0.15, 0.2) is 11.5 Å². The van der Waals surface area contributed by atoms with Crippen molar-refractivity contribution in [3.05, 3.63) is 35.1 Å². The van der Waals surface area contributed by atoms with E-state index in [-0.39, 0.29) is 17.8 Å². The van der Waals surface area contributed by atoms with Crippen LogP contribution in [0, 0.1) is 0 Å². The van der Waals surface area contributed by atoms with Crippen molar-refractivity contribution >= 4 is 5.97 Å². The van der Waals surface area contributed by atoms with Gasteiger partial charge in [0.25, 0.3) is 0 Å². The molecule has 0 saturated heterocycles. The number of hydrogen-bond donors (Lipinski definition) is 1. The maximum absolute atomic E-state index is 11.6.